The number of hydrogen-bond donors (Lipinski definition) is 2. The highest BCUT2D eigenvalue weighted by Crippen LogP contribution is 2.33. The smallest absolute Gasteiger partial charge is 0.223 e. The number of ether oxygens (including phenoxy) is 1. The van der Waals surface area contributed by atoms with E-state index in [2.05, 4.69) is 0 Å². The van der Waals surface area contributed by atoms with Gasteiger partial charge in [-0.25, -0.2) is 0 Å². The lowest BCUT2D eigenvalue weighted by molar-refractivity contribution is -0.122. The highest BCUT2D eigenvalue weighted by molar-refractivity contribution is 5.76. The molecule has 0 saturated heterocycles. The molecule has 17 heavy (non-hydrogen) atoms. The van der Waals surface area contributed by atoms with Crippen molar-refractivity contribution in [2.24, 2.45) is 11.7 Å². The monoisotopic (exact) mass is 235 g/mol. The average Bonchev–Trinajstić information content (AvgIpc) is 2.67. The number of rotatable bonds is 4. The molecule has 1 aliphatic rings. The van der Waals surface area contributed by atoms with Crippen LogP contribution in [0.3, 0.4) is 0 Å². The number of nitrogens with two attached hydrogens (primary N) is 1. The van der Waals surface area contributed by atoms with Gasteiger partial charge in [-0.05, 0) is 36.1 Å². The van der Waals surface area contributed by atoms with Crippen molar-refractivity contribution in [2.75, 3.05) is 6.61 Å². The molecular weight excluding hydrogens is 218 g/mol. The third kappa shape index (κ3) is 2.58. The van der Waals surface area contributed by atoms with Gasteiger partial charge in [-0.1, -0.05) is 13.0 Å². The largest absolute Gasteiger partial charge is 0.493 e. The second-order valence-electron chi connectivity index (χ2n) is 4.53. The van der Waals surface area contributed by atoms with Crippen LogP contribution in [0.25, 0.3) is 0 Å². The predicted molar refractivity (Wildman–Crippen MR) is 63.6 cm³/mol. The molecule has 4 heteroatoms. The van der Waals surface area contributed by atoms with E-state index in [1.54, 1.807) is 6.92 Å². The zero-order chi connectivity index (χ0) is 12.4. The molecule has 1 aromatic carbocycles. The molecule has 1 aliphatic carbocycles. The molecule has 0 heterocycles. The number of aryl methyl sites for hydroxylation is 1. The molecule has 1 amide bonds. The number of hydrogen-bond acceptors (Lipinski definition) is 3. The van der Waals surface area contributed by atoms with Crippen molar-refractivity contribution >= 4 is 5.91 Å². The van der Waals surface area contributed by atoms with Crippen molar-refractivity contribution < 1.29 is 14.6 Å². The van der Waals surface area contributed by atoms with Gasteiger partial charge in [0, 0.05) is 0 Å². The zero-order valence-corrected chi connectivity index (χ0v) is 9.85. The molecule has 0 aromatic heterocycles. The van der Waals surface area contributed by atoms with Gasteiger partial charge in [0.25, 0.3) is 0 Å². The molecule has 0 fully saturated rings. The third-order valence-corrected chi connectivity index (χ3v) is 3.15. The first-order valence-corrected chi connectivity index (χ1v) is 5.81. The summed E-state index contributed by atoms with van der Waals surface area (Å²) in [4.78, 5) is 10.9. The second-order valence-corrected chi connectivity index (χ2v) is 4.53. The molecule has 0 aliphatic heterocycles. The first-order valence-electron chi connectivity index (χ1n) is 5.81. The van der Waals surface area contributed by atoms with Gasteiger partial charge in [0.15, 0.2) is 0 Å². The Morgan fingerprint density at radius 1 is 1.65 bits per heavy atom. The summed E-state index contributed by atoms with van der Waals surface area (Å²) in [6.07, 6.45) is 1.30. The Balaban J connectivity index is 2.01. The van der Waals surface area contributed by atoms with E-state index in [1.165, 1.54) is 0 Å². The summed E-state index contributed by atoms with van der Waals surface area (Å²) in [5.41, 5.74) is 7.27. The van der Waals surface area contributed by atoms with Crippen LogP contribution in [-0.2, 0) is 11.2 Å². The van der Waals surface area contributed by atoms with E-state index in [0.717, 1.165) is 29.7 Å². The standard InChI is InChI=1S/C13H17NO3/c1-8(13(14)16)7-17-10-3-4-11-9(6-10)2-5-12(11)15/h3-4,6,8,12,15H,2,5,7H2,1H3,(H2,14,16)/t8?,12-/m1/s1. The molecule has 4 nitrogen and oxygen atoms in total. The van der Waals surface area contributed by atoms with Crippen LogP contribution in [0.15, 0.2) is 18.2 Å². The van der Waals surface area contributed by atoms with E-state index in [9.17, 15) is 9.90 Å². The molecule has 3 N–H and O–H groups in total. The van der Waals surface area contributed by atoms with Crippen LogP contribution in [-0.4, -0.2) is 17.6 Å². The fourth-order valence-electron chi connectivity index (χ4n) is 1.96. The molecule has 2 atom stereocenters. The quantitative estimate of drug-likeness (QED) is 0.822. The van der Waals surface area contributed by atoms with E-state index in [4.69, 9.17) is 10.5 Å². The topological polar surface area (TPSA) is 72.6 Å². The number of aliphatic hydroxyl groups is 1. The SMILES string of the molecule is CC(COc1ccc2c(c1)CC[C@H]2O)C(N)=O. The second kappa shape index (κ2) is 4.75. The minimum absolute atomic E-state index is 0.288. The van der Waals surface area contributed by atoms with E-state index < -0.39 is 0 Å². The summed E-state index contributed by atoms with van der Waals surface area (Å²) in [5.74, 6) is 0.0707. The maximum Gasteiger partial charge on any atom is 0.223 e. The van der Waals surface area contributed by atoms with E-state index in [1.807, 2.05) is 18.2 Å². The highest BCUT2D eigenvalue weighted by Gasteiger charge is 2.20. The van der Waals surface area contributed by atoms with Crippen molar-refractivity contribution in [3.63, 3.8) is 0 Å². The Kier molecular flexibility index (Phi) is 3.33. The van der Waals surface area contributed by atoms with Crippen molar-refractivity contribution in [1.29, 1.82) is 0 Å². The maximum atomic E-state index is 10.9. The van der Waals surface area contributed by atoms with Gasteiger partial charge in [0.05, 0.1) is 18.6 Å². The van der Waals surface area contributed by atoms with Crippen molar-refractivity contribution in [3.8, 4) is 5.75 Å². The minimum Gasteiger partial charge on any atom is -0.493 e. The summed E-state index contributed by atoms with van der Waals surface area (Å²) >= 11 is 0. The van der Waals surface area contributed by atoms with Gasteiger partial charge in [-0.3, -0.25) is 4.79 Å². The van der Waals surface area contributed by atoms with Crippen LogP contribution < -0.4 is 10.5 Å². The lowest BCUT2D eigenvalue weighted by Crippen LogP contribution is -2.25. The van der Waals surface area contributed by atoms with Crippen LogP contribution in [0.5, 0.6) is 5.75 Å². The van der Waals surface area contributed by atoms with Gasteiger partial charge >= 0.3 is 0 Å². The lowest BCUT2D eigenvalue weighted by Gasteiger charge is -2.11. The van der Waals surface area contributed by atoms with Crippen LogP contribution in [0.2, 0.25) is 0 Å². The number of aliphatic hydroxyl groups excluding tert-OH is 1. The molecule has 1 aromatic rings. The Morgan fingerprint density at radius 3 is 3.12 bits per heavy atom. The summed E-state index contributed by atoms with van der Waals surface area (Å²) in [6, 6.07) is 5.64. The molecule has 0 bridgehead atoms. The Hall–Kier alpha value is -1.55. The van der Waals surface area contributed by atoms with Crippen LogP contribution >= 0.6 is 0 Å². The normalized spacial score (nSPS) is 19.8. The number of primary amides is 1. The summed E-state index contributed by atoms with van der Waals surface area (Å²) < 4.78 is 5.51. The fourth-order valence-corrected chi connectivity index (χ4v) is 1.96. The zero-order valence-electron chi connectivity index (χ0n) is 9.85. The van der Waals surface area contributed by atoms with Crippen LogP contribution in [0, 0.1) is 5.92 Å². The van der Waals surface area contributed by atoms with Gasteiger partial charge in [-0.15, -0.1) is 0 Å². The number of fused-ring (bicyclic) bond motifs is 1. The number of carbonyl (C=O) groups is 1. The Bertz CT molecular complexity index is 431. The maximum absolute atomic E-state index is 10.9. The molecule has 0 saturated carbocycles. The fraction of sp³-hybridized carbons (Fsp3) is 0.462. The van der Waals surface area contributed by atoms with Crippen LogP contribution in [0.4, 0.5) is 0 Å². The summed E-state index contributed by atoms with van der Waals surface area (Å²) in [6.45, 7) is 2.02. The Morgan fingerprint density at radius 2 is 2.41 bits per heavy atom. The van der Waals surface area contributed by atoms with Gasteiger partial charge in [0.2, 0.25) is 5.91 Å². The first-order chi connectivity index (χ1) is 8.08. The molecule has 92 valence electrons. The van der Waals surface area contributed by atoms with Gasteiger partial charge < -0.3 is 15.6 Å². The summed E-state index contributed by atoms with van der Waals surface area (Å²) in [7, 11) is 0. The van der Waals surface area contributed by atoms with Crippen molar-refractivity contribution in [2.45, 2.75) is 25.9 Å². The van der Waals surface area contributed by atoms with Crippen LogP contribution in [0.1, 0.15) is 30.6 Å². The van der Waals surface area contributed by atoms with E-state index in [0.29, 0.717) is 0 Å². The van der Waals surface area contributed by atoms with Crippen molar-refractivity contribution in [1.82, 2.24) is 0 Å². The van der Waals surface area contributed by atoms with E-state index in [-0.39, 0.29) is 24.5 Å². The number of amides is 1. The van der Waals surface area contributed by atoms with E-state index >= 15 is 0 Å². The lowest BCUT2D eigenvalue weighted by atomic mass is 10.1. The van der Waals surface area contributed by atoms with Gasteiger partial charge in [-0.2, -0.15) is 0 Å². The first kappa shape index (κ1) is 11.9. The summed E-state index contributed by atoms with van der Waals surface area (Å²) in [5, 5.41) is 9.66. The number of benzene rings is 1. The van der Waals surface area contributed by atoms with Gasteiger partial charge in [0.1, 0.15) is 5.75 Å². The molecular formula is C13H17NO3. The predicted octanol–water partition coefficient (Wildman–Crippen LogP) is 1.17. The molecule has 2 rings (SSSR count). The Labute approximate surface area is 100 Å². The number of carbonyl (C=O) groups excluding carboxylic acids is 1. The average molecular weight is 235 g/mol. The third-order valence-electron chi connectivity index (χ3n) is 3.15. The molecule has 0 spiro atoms. The molecule has 0 radical (unpaired) electrons. The van der Waals surface area contributed by atoms with Crippen molar-refractivity contribution in [3.05, 3.63) is 29.3 Å². The highest BCUT2D eigenvalue weighted by atomic mass is 16.5. The molecule has 1 unspecified atom stereocenters. The minimum atomic E-state index is -0.360.